The highest BCUT2D eigenvalue weighted by atomic mass is 35.5. The zero-order valence-corrected chi connectivity index (χ0v) is 47.5. The van der Waals surface area contributed by atoms with Gasteiger partial charge in [0.15, 0.2) is 17.1 Å². The highest BCUT2D eigenvalue weighted by molar-refractivity contribution is 6.39. The third kappa shape index (κ3) is 16.3. The van der Waals surface area contributed by atoms with Crippen molar-refractivity contribution < 1.29 is 114 Å². The number of anilines is 1. The van der Waals surface area contributed by atoms with Crippen molar-refractivity contribution in [2.45, 2.75) is 66.4 Å². The summed E-state index contributed by atoms with van der Waals surface area (Å²) >= 11 is 28.1. The molecule has 3 aromatic rings. The molecule has 0 amide bonds. The van der Waals surface area contributed by atoms with Crippen LogP contribution in [0.15, 0.2) is 24.3 Å². The van der Waals surface area contributed by atoms with Crippen molar-refractivity contribution in [3.05, 3.63) is 77.7 Å². The van der Waals surface area contributed by atoms with E-state index < -0.39 is 137 Å². The number of rotatable bonds is 26. The lowest BCUT2D eigenvalue weighted by molar-refractivity contribution is -0.170. The van der Waals surface area contributed by atoms with Gasteiger partial charge in [0.1, 0.15) is 25.4 Å². The van der Waals surface area contributed by atoms with E-state index in [1.165, 1.54) is 29.2 Å². The van der Waals surface area contributed by atoms with E-state index in [1.54, 1.807) is 13.8 Å². The lowest BCUT2D eigenvalue weighted by atomic mass is 9.61. The molecular weight excluding hydrogens is 1170 g/mol. The number of benzene rings is 3. The molecule has 0 N–H and O–H groups in total. The Kier molecular flexibility index (Phi) is 22.5. The molecule has 0 bridgehead atoms. The molecule has 5 rings (SSSR count). The monoisotopic (exact) mass is 1220 g/mol. The van der Waals surface area contributed by atoms with Gasteiger partial charge in [0.05, 0.1) is 57.6 Å². The molecule has 1 aliphatic heterocycles. The Labute approximate surface area is 481 Å². The van der Waals surface area contributed by atoms with E-state index in [2.05, 4.69) is 9.47 Å². The van der Waals surface area contributed by atoms with Gasteiger partial charge in [-0.15, -0.1) is 0 Å². The van der Waals surface area contributed by atoms with Gasteiger partial charge in [-0.1, -0.05) is 60.3 Å². The molecule has 0 unspecified atom stereocenters. The Hall–Kier alpha value is -7.49. The van der Waals surface area contributed by atoms with Crippen LogP contribution in [-0.4, -0.2) is 150 Å². The summed E-state index contributed by atoms with van der Waals surface area (Å²) in [5, 5.41) is -0.893. The van der Waals surface area contributed by atoms with Gasteiger partial charge >= 0.3 is 65.7 Å². The Bertz CT molecular complexity index is 2870. The summed E-state index contributed by atoms with van der Waals surface area (Å²) in [6.45, 7) is 2.95. The van der Waals surface area contributed by atoms with E-state index in [9.17, 15) is 52.7 Å². The summed E-state index contributed by atoms with van der Waals surface area (Å²) in [6, 6.07) is 5.22. The number of carbonyl (C=O) groups is 11. The second-order valence-corrected chi connectivity index (χ2v) is 19.3. The van der Waals surface area contributed by atoms with Crippen molar-refractivity contribution in [3.8, 4) is 17.2 Å². The van der Waals surface area contributed by atoms with Crippen LogP contribution in [0.25, 0.3) is 0 Å². The van der Waals surface area contributed by atoms with Crippen LogP contribution in [0.3, 0.4) is 0 Å². The van der Waals surface area contributed by atoms with E-state index in [0.717, 1.165) is 46.4 Å². The number of nitrogens with zero attached hydrogens (tertiary/aromatic N) is 2. The summed E-state index contributed by atoms with van der Waals surface area (Å²) in [6.07, 6.45) is 0. The van der Waals surface area contributed by atoms with Gasteiger partial charge in [-0.2, -0.15) is 0 Å². The first kappa shape index (κ1) is 64.3. The minimum Gasteiger partial charge on any atom is -0.489 e. The quantitative estimate of drug-likeness (QED) is 0.0335. The molecule has 0 saturated heterocycles. The van der Waals surface area contributed by atoms with Crippen LogP contribution in [0.2, 0.25) is 20.1 Å². The van der Waals surface area contributed by atoms with E-state index in [0.29, 0.717) is 0 Å². The number of carbonyl (C=O) groups excluding carboxylic acids is 11. The minimum atomic E-state index is -2.18. The van der Waals surface area contributed by atoms with Crippen LogP contribution in [0, 0.1) is 0 Å². The van der Waals surface area contributed by atoms with Crippen molar-refractivity contribution in [3.63, 3.8) is 0 Å². The van der Waals surface area contributed by atoms with Crippen molar-refractivity contribution >= 4 is 118 Å². The lowest BCUT2D eigenvalue weighted by Gasteiger charge is -2.45. The third-order valence-electron chi connectivity index (χ3n) is 11.4. The highest BCUT2D eigenvalue weighted by Crippen LogP contribution is 2.63. The van der Waals surface area contributed by atoms with Crippen LogP contribution in [0.1, 0.15) is 93.6 Å². The summed E-state index contributed by atoms with van der Waals surface area (Å²) in [5.41, 5.74) is -3.55. The molecule has 1 aliphatic carbocycles. The molecule has 1 spiro atoms. The van der Waals surface area contributed by atoms with Gasteiger partial charge < -0.3 is 66.5 Å². The zero-order chi connectivity index (χ0) is 60.1. The number of fused-ring (bicyclic) bond motifs is 6. The molecule has 438 valence electrons. The maximum atomic E-state index is 14.8. The smallest absolute Gasteiger partial charge is 0.340 e. The van der Waals surface area contributed by atoms with Gasteiger partial charge in [0.2, 0.25) is 27.2 Å². The molecule has 3 aromatic carbocycles. The molecule has 30 heteroatoms. The van der Waals surface area contributed by atoms with Crippen LogP contribution in [0.5, 0.6) is 17.2 Å². The molecule has 0 fully saturated rings. The average molecular weight is 1220 g/mol. The molecule has 0 aromatic heterocycles. The fourth-order valence-electron chi connectivity index (χ4n) is 8.28. The molecule has 0 radical (unpaired) electrons. The predicted octanol–water partition coefficient (Wildman–Crippen LogP) is 5.01. The van der Waals surface area contributed by atoms with Crippen molar-refractivity contribution in [1.82, 2.24) is 4.90 Å². The molecule has 26 nitrogen and oxygen atoms in total. The Morgan fingerprint density at radius 3 is 1.31 bits per heavy atom. The maximum Gasteiger partial charge on any atom is 0.340 e. The van der Waals surface area contributed by atoms with Crippen LogP contribution >= 0.6 is 46.4 Å². The van der Waals surface area contributed by atoms with Gasteiger partial charge in [0.25, 0.3) is 0 Å². The Morgan fingerprint density at radius 2 is 0.914 bits per heavy atom. The first-order valence-corrected chi connectivity index (χ1v) is 25.3. The van der Waals surface area contributed by atoms with E-state index in [-0.39, 0.29) is 96.2 Å². The first-order valence-electron chi connectivity index (χ1n) is 23.8. The lowest BCUT2D eigenvalue weighted by Crippen LogP contribution is -2.42. The number of esters is 11. The molecule has 1 heterocycles. The minimum absolute atomic E-state index is 0.0310. The summed E-state index contributed by atoms with van der Waals surface area (Å²) in [4.78, 5) is 139. The average Bonchev–Trinajstić information content (AvgIpc) is 2.46. The van der Waals surface area contributed by atoms with E-state index in [4.69, 9.17) is 98.5 Å². The molecule has 2 aliphatic rings. The second kappa shape index (κ2) is 28.3. The van der Waals surface area contributed by atoms with Crippen LogP contribution in [0.4, 0.5) is 5.69 Å². The number of hydrogen-bond acceptors (Lipinski definition) is 26. The van der Waals surface area contributed by atoms with Crippen molar-refractivity contribution in [2.24, 2.45) is 0 Å². The normalized spacial score (nSPS) is 13.0. The van der Waals surface area contributed by atoms with Gasteiger partial charge in [-0.05, 0) is 35.4 Å². The van der Waals surface area contributed by atoms with Crippen LogP contribution in [-0.2, 0) is 106 Å². The van der Waals surface area contributed by atoms with Crippen molar-refractivity contribution in [2.75, 3.05) is 84.6 Å². The van der Waals surface area contributed by atoms with Gasteiger partial charge in [-0.25, -0.2) is 4.79 Å². The SMILES string of the molecule is CC(=O)OCOC(=O)CN(CCOCCOc1cc2c(cc1N(CC(=O)OCOC(C)=O)CC(=O)OCOC(C)=O)C(=O)OC21c2cc(Cl)c(OC(C)=O)c(Cl)c2C(C)(C)c2c1cc(Cl)c(OC(C)=O)c2Cl)CC(=O)OCOC(C)=O. The topological polar surface area (TPSA) is 314 Å². The zero-order valence-electron chi connectivity index (χ0n) is 44.5. The molecule has 0 saturated carbocycles. The second-order valence-electron chi connectivity index (χ2n) is 17.7. The fraction of sp³-hybridized carbons (Fsp3) is 0.431. The third-order valence-corrected chi connectivity index (χ3v) is 12.7. The Morgan fingerprint density at radius 1 is 0.506 bits per heavy atom. The highest BCUT2D eigenvalue weighted by Gasteiger charge is 2.58. The molecule has 81 heavy (non-hydrogen) atoms. The van der Waals surface area contributed by atoms with Gasteiger partial charge in [0, 0.05) is 70.2 Å². The largest absolute Gasteiger partial charge is 0.489 e. The first-order chi connectivity index (χ1) is 38.1. The number of halogens is 4. The summed E-state index contributed by atoms with van der Waals surface area (Å²) < 4.78 is 68.4. The standard InChI is InChI=1S/C51H52Cl4N2O24/c1-25(58)71-21-75-39(64)17-56(18-40(65)76-22-72-26(2)59)9-10-69-11-12-70-38-16-32-31(13-37(38)57(19-41(66)77-23-73-27(3)60)20-42(67)78-24-74-28(4)61)49(68)81-51(32)33-14-35(52)47(79-29(5)62)45(54)43(33)50(7,8)44-34(51)15-36(53)48(46(44)55)80-30(6)63/h13-16H,9-12,17-24H2,1-8H3. The maximum absolute atomic E-state index is 14.8. The predicted molar refractivity (Wildman–Crippen MR) is 275 cm³/mol. The van der Waals surface area contributed by atoms with E-state index >= 15 is 0 Å². The molecule has 0 atom stereocenters. The van der Waals surface area contributed by atoms with Gasteiger partial charge in [-0.3, -0.25) is 52.8 Å². The summed E-state index contributed by atoms with van der Waals surface area (Å²) in [7, 11) is 0. The summed E-state index contributed by atoms with van der Waals surface area (Å²) in [5.74, 6) is -10.5. The van der Waals surface area contributed by atoms with Crippen LogP contribution < -0.4 is 19.1 Å². The number of ether oxygens (including phenoxy) is 13. The van der Waals surface area contributed by atoms with E-state index in [1.807, 2.05) is 0 Å². The number of hydrogen-bond donors (Lipinski definition) is 0. The fourth-order valence-corrected chi connectivity index (χ4v) is 9.82. The van der Waals surface area contributed by atoms with Crippen molar-refractivity contribution in [1.29, 1.82) is 0 Å². The molecular formula is C51H52Cl4N2O24. The Balaban J connectivity index is 1.67.